The average molecular weight is 112 g/mol. The number of piperidine rings is 1. The van der Waals surface area contributed by atoms with Gasteiger partial charge in [-0.3, -0.25) is 0 Å². The summed E-state index contributed by atoms with van der Waals surface area (Å²) in [5, 5.41) is 0. The Labute approximate surface area is 49.7 Å². The fraction of sp³-hybridized carbons (Fsp3) is 1.00. The molecular weight excluding hydrogens is 100 g/mol. The van der Waals surface area contributed by atoms with Crippen molar-refractivity contribution in [3.05, 3.63) is 0 Å². The smallest absolute Gasteiger partial charge is 0.0127 e. The monoisotopic (exact) mass is 112 g/mol. The van der Waals surface area contributed by atoms with Gasteiger partial charge in [-0.1, -0.05) is 0 Å². The van der Waals surface area contributed by atoms with Crippen molar-refractivity contribution < 1.29 is 0 Å². The molecule has 1 heterocycles. The van der Waals surface area contributed by atoms with Gasteiger partial charge in [0.2, 0.25) is 0 Å². The lowest BCUT2D eigenvalue weighted by molar-refractivity contribution is 0.362. The van der Waals surface area contributed by atoms with Gasteiger partial charge in [0, 0.05) is 19.1 Å². The van der Waals surface area contributed by atoms with Crippen molar-refractivity contribution in [1.82, 2.24) is 4.90 Å². The molecule has 1 aliphatic heterocycles. The van der Waals surface area contributed by atoms with E-state index in [1.807, 2.05) is 0 Å². The van der Waals surface area contributed by atoms with Gasteiger partial charge in [0.1, 0.15) is 0 Å². The van der Waals surface area contributed by atoms with Crippen molar-refractivity contribution in [2.24, 2.45) is 17.6 Å². The quantitative estimate of drug-likeness (QED) is 0.458. The molecule has 2 N–H and O–H groups in total. The first kappa shape index (κ1) is 4.77. The molecule has 2 unspecified atom stereocenters. The highest BCUT2D eigenvalue weighted by atomic mass is 15.2. The predicted octanol–water partition coefficient (Wildman–Crippen LogP) is -0.495. The van der Waals surface area contributed by atoms with Crippen LogP contribution in [-0.2, 0) is 0 Å². The molecule has 2 fully saturated rings. The minimum Gasteiger partial charge on any atom is -0.327 e. The summed E-state index contributed by atoms with van der Waals surface area (Å²) in [6.07, 6.45) is 0. The maximum Gasteiger partial charge on any atom is 0.0127 e. The Morgan fingerprint density at radius 2 is 1.88 bits per heavy atom. The zero-order valence-electron chi connectivity index (χ0n) is 5.17. The highest BCUT2D eigenvalue weighted by molar-refractivity contribution is 5.07. The fourth-order valence-electron chi connectivity index (χ4n) is 1.78. The molecule has 2 atom stereocenters. The molecule has 8 heavy (non-hydrogen) atoms. The van der Waals surface area contributed by atoms with E-state index in [0.29, 0.717) is 6.04 Å². The molecule has 0 aromatic heterocycles. The third-order valence-electron chi connectivity index (χ3n) is 2.44. The summed E-state index contributed by atoms with van der Waals surface area (Å²) in [7, 11) is 2.17. The van der Waals surface area contributed by atoms with E-state index >= 15 is 0 Å². The van der Waals surface area contributed by atoms with Crippen LogP contribution in [0.2, 0.25) is 0 Å². The van der Waals surface area contributed by atoms with E-state index in [1.54, 1.807) is 0 Å². The summed E-state index contributed by atoms with van der Waals surface area (Å²) < 4.78 is 0. The minimum absolute atomic E-state index is 0.561. The maximum absolute atomic E-state index is 5.71. The maximum atomic E-state index is 5.71. The third kappa shape index (κ3) is 0.446. The highest BCUT2D eigenvalue weighted by Crippen LogP contribution is 2.42. The third-order valence-corrected chi connectivity index (χ3v) is 2.44. The van der Waals surface area contributed by atoms with Crippen LogP contribution in [0.4, 0.5) is 0 Å². The van der Waals surface area contributed by atoms with E-state index in [-0.39, 0.29) is 0 Å². The van der Waals surface area contributed by atoms with Crippen LogP contribution in [0.5, 0.6) is 0 Å². The molecule has 0 bridgehead atoms. The number of nitrogens with zero attached hydrogens (tertiary/aromatic N) is 1. The Hall–Kier alpha value is -0.0800. The molecule has 0 amide bonds. The van der Waals surface area contributed by atoms with Crippen molar-refractivity contribution in [2.75, 3.05) is 20.1 Å². The Balaban J connectivity index is 2.00. The van der Waals surface area contributed by atoms with Gasteiger partial charge in [-0.15, -0.1) is 0 Å². The lowest BCUT2D eigenvalue weighted by atomic mass is 10.4. The molecule has 2 rings (SSSR count). The topological polar surface area (TPSA) is 29.3 Å². The Morgan fingerprint density at radius 1 is 1.38 bits per heavy atom. The molecule has 2 aliphatic rings. The number of rotatable bonds is 0. The number of likely N-dealkylation sites (tertiary alicyclic amines) is 1. The van der Waals surface area contributed by atoms with Crippen LogP contribution in [-0.4, -0.2) is 31.1 Å². The molecule has 0 aromatic rings. The van der Waals surface area contributed by atoms with Crippen LogP contribution in [0.1, 0.15) is 0 Å². The second-order valence-electron chi connectivity index (χ2n) is 3.13. The van der Waals surface area contributed by atoms with Crippen molar-refractivity contribution in [1.29, 1.82) is 0 Å². The lowest BCUT2D eigenvalue weighted by Crippen LogP contribution is -2.24. The summed E-state index contributed by atoms with van der Waals surface area (Å²) in [4.78, 5) is 2.36. The summed E-state index contributed by atoms with van der Waals surface area (Å²) in [5.74, 6) is 1.72. The van der Waals surface area contributed by atoms with E-state index in [4.69, 9.17) is 5.73 Å². The molecule has 1 aliphatic carbocycles. The summed E-state index contributed by atoms with van der Waals surface area (Å²) in [6.45, 7) is 2.48. The van der Waals surface area contributed by atoms with E-state index in [1.165, 1.54) is 13.1 Å². The minimum atomic E-state index is 0.561. The van der Waals surface area contributed by atoms with Crippen LogP contribution < -0.4 is 5.73 Å². The van der Waals surface area contributed by atoms with E-state index in [9.17, 15) is 0 Å². The van der Waals surface area contributed by atoms with Gasteiger partial charge in [0.15, 0.2) is 0 Å². The van der Waals surface area contributed by atoms with E-state index < -0.39 is 0 Å². The van der Waals surface area contributed by atoms with E-state index in [2.05, 4.69) is 11.9 Å². The lowest BCUT2D eigenvalue weighted by Gasteiger charge is -2.09. The van der Waals surface area contributed by atoms with Crippen LogP contribution in [0, 0.1) is 11.8 Å². The normalized spacial score (nSPS) is 54.0. The molecule has 0 radical (unpaired) electrons. The summed E-state index contributed by atoms with van der Waals surface area (Å²) >= 11 is 0. The molecular formula is C6H12N2. The molecule has 0 spiro atoms. The van der Waals surface area contributed by atoms with Gasteiger partial charge < -0.3 is 10.6 Å². The first-order valence-electron chi connectivity index (χ1n) is 3.23. The SMILES string of the molecule is CN1CC2C(N)C2C1. The van der Waals surface area contributed by atoms with Gasteiger partial charge in [0.25, 0.3) is 0 Å². The first-order chi connectivity index (χ1) is 3.79. The van der Waals surface area contributed by atoms with Crippen LogP contribution in [0.25, 0.3) is 0 Å². The fourth-order valence-corrected chi connectivity index (χ4v) is 1.78. The largest absolute Gasteiger partial charge is 0.327 e. The number of fused-ring (bicyclic) bond motifs is 1. The average Bonchev–Trinajstić information content (AvgIpc) is 2.29. The zero-order valence-corrected chi connectivity index (χ0v) is 5.17. The first-order valence-corrected chi connectivity index (χ1v) is 3.23. The molecule has 1 saturated heterocycles. The number of hydrogen-bond donors (Lipinski definition) is 1. The van der Waals surface area contributed by atoms with Gasteiger partial charge in [-0.25, -0.2) is 0 Å². The van der Waals surface area contributed by atoms with Crippen LogP contribution in [0.3, 0.4) is 0 Å². The van der Waals surface area contributed by atoms with Crippen LogP contribution in [0.15, 0.2) is 0 Å². The zero-order chi connectivity index (χ0) is 5.72. The van der Waals surface area contributed by atoms with Crippen molar-refractivity contribution >= 4 is 0 Å². The Morgan fingerprint density at radius 3 is 2.25 bits per heavy atom. The second-order valence-corrected chi connectivity index (χ2v) is 3.13. The Bertz CT molecular complexity index is 101. The van der Waals surface area contributed by atoms with E-state index in [0.717, 1.165) is 11.8 Å². The van der Waals surface area contributed by atoms with Crippen LogP contribution >= 0.6 is 0 Å². The second kappa shape index (κ2) is 1.25. The van der Waals surface area contributed by atoms with Gasteiger partial charge in [0.05, 0.1) is 0 Å². The molecule has 2 nitrogen and oxygen atoms in total. The number of nitrogens with two attached hydrogens (primary N) is 1. The van der Waals surface area contributed by atoms with Crippen molar-refractivity contribution in [2.45, 2.75) is 6.04 Å². The van der Waals surface area contributed by atoms with Crippen molar-refractivity contribution in [3.8, 4) is 0 Å². The summed E-state index contributed by atoms with van der Waals surface area (Å²) in [6, 6.07) is 0.561. The van der Waals surface area contributed by atoms with Gasteiger partial charge >= 0.3 is 0 Å². The van der Waals surface area contributed by atoms with Crippen molar-refractivity contribution in [3.63, 3.8) is 0 Å². The van der Waals surface area contributed by atoms with Gasteiger partial charge in [-0.05, 0) is 18.9 Å². The molecule has 1 saturated carbocycles. The standard InChI is InChI=1S/C6H12N2/c1-8-2-4-5(3-8)6(4)7/h4-6H,2-3,7H2,1H3. The van der Waals surface area contributed by atoms with Gasteiger partial charge in [-0.2, -0.15) is 0 Å². The highest BCUT2D eigenvalue weighted by Gasteiger charge is 2.52. The molecule has 0 aromatic carbocycles. The Kier molecular flexibility index (Phi) is 0.746. The molecule has 2 heteroatoms. The predicted molar refractivity (Wildman–Crippen MR) is 32.5 cm³/mol. The molecule has 46 valence electrons. The number of hydrogen-bond acceptors (Lipinski definition) is 2. The summed E-state index contributed by atoms with van der Waals surface area (Å²) in [5.41, 5.74) is 5.71.